The van der Waals surface area contributed by atoms with Crippen molar-refractivity contribution in [3.05, 3.63) is 65.9 Å². The minimum atomic E-state index is 0.859. The molecular weight excluding hydrogens is 370 g/mol. The summed E-state index contributed by atoms with van der Waals surface area (Å²) in [6.07, 6.45) is 6.30. The summed E-state index contributed by atoms with van der Waals surface area (Å²) in [5.74, 6) is 0.859. The van der Waals surface area contributed by atoms with Crippen molar-refractivity contribution < 1.29 is 4.52 Å². The summed E-state index contributed by atoms with van der Waals surface area (Å²) in [4.78, 5) is 6.32. The van der Waals surface area contributed by atoms with E-state index in [2.05, 4.69) is 51.4 Å². The number of aromatic amines is 1. The molecule has 30 heavy (non-hydrogen) atoms. The quantitative estimate of drug-likeness (QED) is 0.419. The molecule has 4 nitrogen and oxygen atoms in total. The summed E-state index contributed by atoms with van der Waals surface area (Å²) in [6.45, 7) is 5.69. The fourth-order valence-corrected chi connectivity index (χ4v) is 4.80. The summed E-state index contributed by atoms with van der Waals surface area (Å²) in [5.41, 5.74) is 6.81. The van der Waals surface area contributed by atoms with Crippen LogP contribution in [0.5, 0.6) is 0 Å². The maximum absolute atomic E-state index is 5.68. The SMILES string of the molecule is Cc1onc(-c2ccccc2)c1-c1[nH]c2ccccc2c1CCCN1CCCCC1. The molecule has 1 saturated heterocycles. The van der Waals surface area contributed by atoms with E-state index in [9.17, 15) is 0 Å². The lowest BCUT2D eigenvalue weighted by molar-refractivity contribution is 0.226. The Morgan fingerprint density at radius 2 is 1.73 bits per heavy atom. The first kappa shape index (κ1) is 19.1. The van der Waals surface area contributed by atoms with E-state index in [4.69, 9.17) is 4.52 Å². The van der Waals surface area contributed by atoms with Crippen molar-refractivity contribution in [1.82, 2.24) is 15.0 Å². The van der Waals surface area contributed by atoms with Crippen LogP contribution in [0.15, 0.2) is 59.1 Å². The second-order valence-electron chi connectivity index (χ2n) is 8.36. The first-order chi connectivity index (χ1) is 14.8. The third-order valence-electron chi connectivity index (χ3n) is 6.32. The minimum absolute atomic E-state index is 0.859. The molecule has 1 fully saturated rings. The van der Waals surface area contributed by atoms with E-state index in [1.807, 2.05) is 25.1 Å². The highest BCUT2D eigenvalue weighted by Gasteiger charge is 2.22. The molecule has 4 heteroatoms. The fraction of sp³-hybridized carbons (Fsp3) is 0.346. The van der Waals surface area contributed by atoms with Gasteiger partial charge in [0, 0.05) is 16.5 Å². The van der Waals surface area contributed by atoms with E-state index in [1.165, 1.54) is 61.8 Å². The molecule has 0 amide bonds. The number of nitrogens with one attached hydrogen (secondary N) is 1. The Kier molecular flexibility index (Phi) is 5.41. The Morgan fingerprint density at radius 1 is 0.967 bits per heavy atom. The number of nitrogens with zero attached hydrogens (tertiary/aromatic N) is 2. The predicted molar refractivity (Wildman–Crippen MR) is 123 cm³/mol. The highest BCUT2D eigenvalue weighted by molar-refractivity contribution is 5.94. The van der Waals surface area contributed by atoms with Gasteiger partial charge in [-0.15, -0.1) is 0 Å². The van der Waals surface area contributed by atoms with Gasteiger partial charge < -0.3 is 14.4 Å². The van der Waals surface area contributed by atoms with Gasteiger partial charge in [0.1, 0.15) is 11.5 Å². The summed E-state index contributed by atoms with van der Waals surface area (Å²) < 4.78 is 5.68. The average molecular weight is 400 g/mol. The maximum Gasteiger partial charge on any atom is 0.143 e. The van der Waals surface area contributed by atoms with Crippen LogP contribution in [0.2, 0.25) is 0 Å². The van der Waals surface area contributed by atoms with Gasteiger partial charge in [-0.05, 0) is 63.9 Å². The summed E-state index contributed by atoms with van der Waals surface area (Å²) in [7, 11) is 0. The Hall–Kier alpha value is -2.85. The number of likely N-dealkylation sites (tertiary alicyclic amines) is 1. The number of benzene rings is 2. The van der Waals surface area contributed by atoms with Crippen LogP contribution in [-0.2, 0) is 6.42 Å². The molecule has 1 N–H and O–H groups in total. The van der Waals surface area contributed by atoms with Gasteiger partial charge in [0.15, 0.2) is 0 Å². The molecule has 154 valence electrons. The monoisotopic (exact) mass is 399 g/mol. The number of hydrogen-bond acceptors (Lipinski definition) is 3. The lowest BCUT2D eigenvalue weighted by Crippen LogP contribution is -2.30. The Balaban J connectivity index is 1.52. The van der Waals surface area contributed by atoms with Crippen LogP contribution in [0.25, 0.3) is 33.4 Å². The molecule has 0 spiro atoms. The molecule has 0 unspecified atom stereocenters. The van der Waals surface area contributed by atoms with Crippen molar-refractivity contribution in [2.75, 3.05) is 19.6 Å². The number of hydrogen-bond donors (Lipinski definition) is 1. The van der Waals surface area contributed by atoms with E-state index < -0.39 is 0 Å². The van der Waals surface area contributed by atoms with Gasteiger partial charge in [0.2, 0.25) is 0 Å². The van der Waals surface area contributed by atoms with Crippen molar-refractivity contribution in [3.8, 4) is 22.5 Å². The second-order valence-corrected chi connectivity index (χ2v) is 8.36. The zero-order valence-electron chi connectivity index (χ0n) is 17.7. The minimum Gasteiger partial charge on any atom is -0.360 e. The van der Waals surface area contributed by atoms with Crippen LogP contribution in [-0.4, -0.2) is 34.7 Å². The van der Waals surface area contributed by atoms with E-state index in [-0.39, 0.29) is 0 Å². The topological polar surface area (TPSA) is 45.1 Å². The summed E-state index contributed by atoms with van der Waals surface area (Å²) in [6, 6.07) is 19.0. The standard InChI is InChI=1S/C26H29N3O/c1-19-24(25(28-30-19)20-11-4-2-5-12-20)26-22(21-13-6-7-15-23(21)27-26)14-10-18-29-16-8-3-9-17-29/h2,4-7,11-13,15,27H,3,8-10,14,16-18H2,1H3. The van der Waals surface area contributed by atoms with E-state index >= 15 is 0 Å². The van der Waals surface area contributed by atoms with Crippen LogP contribution in [0.4, 0.5) is 0 Å². The Morgan fingerprint density at radius 3 is 2.57 bits per heavy atom. The van der Waals surface area contributed by atoms with Crippen molar-refractivity contribution in [3.63, 3.8) is 0 Å². The van der Waals surface area contributed by atoms with Crippen LogP contribution in [0.3, 0.4) is 0 Å². The molecule has 0 radical (unpaired) electrons. The van der Waals surface area contributed by atoms with Gasteiger partial charge in [-0.2, -0.15) is 0 Å². The molecule has 1 aliphatic rings. The van der Waals surface area contributed by atoms with E-state index in [1.54, 1.807) is 0 Å². The van der Waals surface area contributed by atoms with Crippen molar-refractivity contribution in [1.29, 1.82) is 0 Å². The maximum atomic E-state index is 5.68. The molecule has 2 aromatic heterocycles. The second kappa shape index (κ2) is 8.49. The van der Waals surface area contributed by atoms with Gasteiger partial charge in [0.25, 0.3) is 0 Å². The Bertz CT molecular complexity index is 1120. The molecule has 0 saturated carbocycles. The van der Waals surface area contributed by atoms with Crippen molar-refractivity contribution >= 4 is 10.9 Å². The zero-order valence-corrected chi connectivity index (χ0v) is 17.7. The average Bonchev–Trinajstić information content (AvgIpc) is 3.35. The number of para-hydroxylation sites is 1. The number of piperidine rings is 1. The molecule has 2 aromatic carbocycles. The molecule has 4 aromatic rings. The lowest BCUT2D eigenvalue weighted by Gasteiger charge is -2.26. The number of aryl methyl sites for hydroxylation is 2. The largest absolute Gasteiger partial charge is 0.360 e. The van der Waals surface area contributed by atoms with E-state index in [0.717, 1.165) is 34.7 Å². The molecule has 0 bridgehead atoms. The highest BCUT2D eigenvalue weighted by Crippen LogP contribution is 2.39. The highest BCUT2D eigenvalue weighted by atomic mass is 16.5. The number of fused-ring (bicyclic) bond motifs is 1. The number of aromatic nitrogens is 2. The number of H-pyrrole nitrogens is 1. The Labute approximate surface area is 177 Å². The fourth-order valence-electron chi connectivity index (χ4n) is 4.80. The molecule has 0 atom stereocenters. The van der Waals surface area contributed by atoms with Gasteiger partial charge in [-0.25, -0.2) is 0 Å². The normalized spacial score (nSPS) is 15.1. The van der Waals surface area contributed by atoms with Gasteiger partial charge in [-0.3, -0.25) is 0 Å². The molecule has 0 aliphatic carbocycles. The van der Waals surface area contributed by atoms with Crippen molar-refractivity contribution in [2.24, 2.45) is 0 Å². The van der Waals surface area contributed by atoms with Gasteiger partial charge in [0.05, 0.1) is 11.3 Å². The molecule has 3 heterocycles. The van der Waals surface area contributed by atoms with Crippen LogP contribution < -0.4 is 0 Å². The lowest BCUT2D eigenvalue weighted by atomic mass is 9.97. The summed E-state index contributed by atoms with van der Waals surface area (Å²) >= 11 is 0. The van der Waals surface area contributed by atoms with Crippen molar-refractivity contribution in [2.45, 2.75) is 39.0 Å². The molecule has 5 rings (SSSR count). The molecule has 1 aliphatic heterocycles. The van der Waals surface area contributed by atoms with Gasteiger partial charge in [-0.1, -0.05) is 60.1 Å². The predicted octanol–water partition coefficient (Wildman–Crippen LogP) is 6.22. The first-order valence-electron chi connectivity index (χ1n) is 11.2. The van der Waals surface area contributed by atoms with Crippen LogP contribution in [0, 0.1) is 6.92 Å². The van der Waals surface area contributed by atoms with Crippen LogP contribution >= 0.6 is 0 Å². The molecular formula is C26H29N3O. The zero-order chi connectivity index (χ0) is 20.3. The first-order valence-corrected chi connectivity index (χ1v) is 11.2. The van der Waals surface area contributed by atoms with Gasteiger partial charge >= 0.3 is 0 Å². The smallest absolute Gasteiger partial charge is 0.143 e. The third kappa shape index (κ3) is 3.68. The third-order valence-corrected chi connectivity index (χ3v) is 6.32. The summed E-state index contributed by atoms with van der Waals surface area (Å²) in [5, 5.41) is 5.74. The number of rotatable bonds is 6. The van der Waals surface area contributed by atoms with Crippen LogP contribution in [0.1, 0.15) is 37.0 Å². The van der Waals surface area contributed by atoms with E-state index in [0.29, 0.717) is 0 Å².